The molecule has 0 saturated heterocycles. The minimum Gasteiger partial charge on any atom is -0.320 e. The minimum absolute atomic E-state index is 0.206. The molecule has 1 aliphatic rings. The van der Waals surface area contributed by atoms with E-state index in [9.17, 15) is 4.79 Å². The maximum atomic E-state index is 11.9. The number of aromatic nitrogens is 2. The van der Waals surface area contributed by atoms with Gasteiger partial charge >= 0.3 is 0 Å². The number of fused-ring (bicyclic) bond motifs is 1. The van der Waals surface area contributed by atoms with E-state index >= 15 is 0 Å². The van der Waals surface area contributed by atoms with E-state index in [2.05, 4.69) is 25.4 Å². The summed E-state index contributed by atoms with van der Waals surface area (Å²) in [5.74, 6) is -0.206. The zero-order valence-electron chi connectivity index (χ0n) is 9.64. The predicted octanol–water partition coefficient (Wildman–Crippen LogP) is 1.44. The molecule has 1 aromatic carbocycles. The molecule has 0 atom stereocenters. The molecule has 5 nitrogen and oxygen atoms in total. The summed E-state index contributed by atoms with van der Waals surface area (Å²) in [4.78, 5) is 11.9. The number of benzene rings is 1. The highest BCUT2D eigenvalue weighted by Gasteiger charge is 2.15. The average molecular weight is 260 g/mol. The second-order valence-corrected chi connectivity index (χ2v) is 4.67. The maximum absolute atomic E-state index is 11.9. The van der Waals surface area contributed by atoms with Gasteiger partial charge in [0.1, 0.15) is 0 Å². The van der Waals surface area contributed by atoms with Crippen LogP contribution in [-0.2, 0) is 13.0 Å². The Morgan fingerprint density at radius 1 is 1.44 bits per heavy atom. The van der Waals surface area contributed by atoms with E-state index in [4.69, 9.17) is 0 Å². The van der Waals surface area contributed by atoms with Crippen molar-refractivity contribution >= 4 is 23.3 Å². The van der Waals surface area contributed by atoms with Crippen molar-refractivity contribution in [3.05, 3.63) is 41.2 Å². The summed E-state index contributed by atoms with van der Waals surface area (Å²) in [6.45, 7) is 1.78. The molecule has 1 amide bonds. The van der Waals surface area contributed by atoms with Crippen LogP contribution in [-0.4, -0.2) is 21.2 Å². The van der Waals surface area contributed by atoms with Crippen molar-refractivity contribution in [3.63, 3.8) is 0 Å². The number of hydrogen-bond donors (Lipinski definition) is 2. The van der Waals surface area contributed by atoms with Gasteiger partial charge in [0.05, 0.1) is 17.9 Å². The first-order valence-corrected chi connectivity index (χ1v) is 6.48. The Hall–Kier alpha value is -1.79. The molecule has 2 heterocycles. The topological polar surface area (TPSA) is 66.9 Å². The van der Waals surface area contributed by atoms with Crippen LogP contribution in [0.4, 0.5) is 5.69 Å². The Kier molecular flexibility index (Phi) is 3.04. The van der Waals surface area contributed by atoms with Crippen molar-refractivity contribution in [2.75, 3.05) is 11.9 Å². The van der Waals surface area contributed by atoms with Gasteiger partial charge in [-0.25, -0.2) is 0 Å². The lowest BCUT2D eigenvalue weighted by molar-refractivity contribution is 0.102. The lowest BCUT2D eigenvalue weighted by Crippen LogP contribution is -2.25. The van der Waals surface area contributed by atoms with Gasteiger partial charge in [-0.3, -0.25) is 4.79 Å². The smallest absolute Gasteiger partial charge is 0.277 e. The summed E-state index contributed by atoms with van der Waals surface area (Å²) in [6.07, 6.45) is 2.48. The first-order chi connectivity index (χ1) is 8.84. The molecular formula is C12H12N4OS. The van der Waals surface area contributed by atoms with Crippen molar-refractivity contribution in [3.8, 4) is 0 Å². The first kappa shape index (κ1) is 11.3. The highest BCUT2D eigenvalue weighted by Crippen LogP contribution is 2.23. The number of amides is 1. The fraction of sp³-hybridized carbons (Fsp3) is 0.250. The lowest BCUT2D eigenvalue weighted by Gasteiger charge is -2.20. The van der Waals surface area contributed by atoms with Crippen LogP contribution >= 0.6 is 11.7 Å². The van der Waals surface area contributed by atoms with Crippen LogP contribution in [0.3, 0.4) is 0 Å². The predicted molar refractivity (Wildman–Crippen MR) is 69.7 cm³/mol. The highest BCUT2D eigenvalue weighted by atomic mass is 32.1. The molecule has 1 aliphatic heterocycles. The zero-order chi connectivity index (χ0) is 12.4. The summed E-state index contributed by atoms with van der Waals surface area (Å²) in [7, 11) is 0. The Bertz CT molecular complexity index is 567. The minimum atomic E-state index is -0.206. The molecule has 0 spiro atoms. The molecule has 0 saturated carbocycles. The molecule has 0 radical (unpaired) electrons. The third kappa shape index (κ3) is 2.12. The zero-order valence-corrected chi connectivity index (χ0v) is 10.5. The van der Waals surface area contributed by atoms with Gasteiger partial charge in [0.25, 0.3) is 5.91 Å². The fourth-order valence-corrected chi connectivity index (χ4v) is 2.49. The van der Waals surface area contributed by atoms with E-state index in [1.54, 1.807) is 0 Å². The van der Waals surface area contributed by atoms with E-state index in [0.717, 1.165) is 36.9 Å². The van der Waals surface area contributed by atoms with Crippen molar-refractivity contribution in [2.24, 2.45) is 0 Å². The number of rotatable bonds is 2. The Morgan fingerprint density at radius 3 is 3.22 bits per heavy atom. The van der Waals surface area contributed by atoms with Crippen molar-refractivity contribution in [2.45, 2.75) is 13.0 Å². The summed E-state index contributed by atoms with van der Waals surface area (Å²) in [5.41, 5.74) is 3.68. The lowest BCUT2D eigenvalue weighted by atomic mass is 9.99. The van der Waals surface area contributed by atoms with Crippen LogP contribution in [0, 0.1) is 0 Å². The van der Waals surface area contributed by atoms with E-state index in [-0.39, 0.29) is 5.91 Å². The first-order valence-electron chi connectivity index (χ1n) is 5.75. The van der Waals surface area contributed by atoms with Crippen LogP contribution in [0.15, 0.2) is 24.4 Å². The molecule has 0 unspecified atom stereocenters. The Labute approximate surface area is 109 Å². The van der Waals surface area contributed by atoms with Gasteiger partial charge in [0.15, 0.2) is 5.69 Å². The van der Waals surface area contributed by atoms with Crippen LogP contribution in [0.1, 0.15) is 21.6 Å². The van der Waals surface area contributed by atoms with Crippen LogP contribution in [0.25, 0.3) is 0 Å². The number of nitrogens with one attached hydrogen (secondary N) is 2. The van der Waals surface area contributed by atoms with Gasteiger partial charge in [0.2, 0.25) is 0 Å². The molecule has 0 fully saturated rings. The molecule has 0 aliphatic carbocycles. The van der Waals surface area contributed by atoms with Gasteiger partial charge in [-0.05, 0) is 30.2 Å². The standard InChI is InChI=1S/C12H12N4OS/c17-12(11-7-14-18-16-11)15-10-3-1-2-8-4-5-13-6-9(8)10/h1-3,7,13H,4-6H2,(H,15,17). The SMILES string of the molecule is O=C(Nc1cccc2c1CNCC2)c1cnsn1. The monoisotopic (exact) mass is 260 g/mol. The third-order valence-corrected chi connectivity index (χ3v) is 3.47. The Balaban J connectivity index is 1.87. The normalized spacial score (nSPS) is 14.0. The van der Waals surface area contributed by atoms with Crippen molar-refractivity contribution < 1.29 is 4.79 Å². The van der Waals surface area contributed by atoms with Crippen molar-refractivity contribution in [1.82, 2.24) is 14.1 Å². The maximum Gasteiger partial charge on any atom is 0.277 e. The molecular weight excluding hydrogens is 248 g/mol. The van der Waals surface area contributed by atoms with Gasteiger partial charge in [-0.1, -0.05) is 12.1 Å². The molecule has 92 valence electrons. The van der Waals surface area contributed by atoms with Crippen LogP contribution in [0.2, 0.25) is 0 Å². The van der Waals surface area contributed by atoms with Crippen LogP contribution in [0.5, 0.6) is 0 Å². The number of carbonyl (C=O) groups is 1. The second kappa shape index (κ2) is 4.83. The quantitative estimate of drug-likeness (QED) is 0.857. The number of nitrogens with zero attached hydrogens (tertiary/aromatic N) is 2. The number of hydrogen-bond acceptors (Lipinski definition) is 5. The Morgan fingerprint density at radius 2 is 2.39 bits per heavy atom. The largest absolute Gasteiger partial charge is 0.320 e. The molecule has 2 aromatic rings. The van der Waals surface area contributed by atoms with Gasteiger partial charge in [0, 0.05) is 12.2 Å². The number of anilines is 1. The van der Waals surface area contributed by atoms with E-state index in [1.165, 1.54) is 17.3 Å². The van der Waals surface area contributed by atoms with Gasteiger partial charge in [-0.2, -0.15) is 8.75 Å². The van der Waals surface area contributed by atoms with Gasteiger partial charge in [-0.15, -0.1) is 0 Å². The van der Waals surface area contributed by atoms with E-state index in [0.29, 0.717) is 5.69 Å². The molecule has 3 rings (SSSR count). The molecule has 1 aromatic heterocycles. The van der Waals surface area contributed by atoms with Crippen LogP contribution < -0.4 is 10.6 Å². The summed E-state index contributed by atoms with van der Waals surface area (Å²) in [5, 5.41) is 6.21. The van der Waals surface area contributed by atoms with Gasteiger partial charge < -0.3 is 10.6 Å². The second-order valence-electron chi connectivity index (χ2n) is 4.12. The summed E-state index contributed by atoms with van der Waals surface area (Å²) >= 11 is 1.03. The third-order valence-electron chi connectivity index (χ3n) is 2.99. The summed E-state index contributed by atoms with van der Waals surface area (Å²) in [6, 6.07) is 6.00. The molecule has 0 bridgehead atoms. The molecule has 2 N–H and O–H groups in total. The number of carbonyl (C=O) groups excluding carboxylic acids is 1. The van der Waals surface area contributed by atoms with E-state index in [1.807, 2.05) is 12.1 Å². The molecule has 6 heteroatoms. The summed E-state index contributed by atoms with van der Waals surface area (Å²) < 4.78 is 7.76. The average Bonchev–Trinajstić information content (AvgIpc) is 2.93. The fourth-order valence-electron chi connectivity index (χ4n) is 2.08. The molecule has 18 heavy (non-hydrogen) atoms. The highest BCUT2D eigenvalue weighted by molar-refractivity contribution is 6.99. The van der Waals surface area contributed by atoms with Crippen molar-refractivity contribution in [1.29, 1.82) is 0 Å². The van der Waals surface area contributed by atoms with E-state index < -0.39 is 0 Å².